The lowest BCUT2D eigenvalue weighted by molar-refractivity contribution is 0.102. The van der Waals surface area contributed by atoms with Crippen LogP contribution in [0.25, 0.3) is 0 Å². The molecule has 1 aromatic heterocycles. The van der Waals surface area contributed by atoms with Gasteiger partial charge in [-0.15, -0.1) is 10.2 Å². The summed E-state index contributed by atoms with van der Waals surface area (Å²) in [5.41, 5.74) is 1.67. The Kier molecular flexibility index (Phi) is 5.22. The molecule has 0 saturated carbocycles. The average molecular weight is 404 g/mol. The van der Waals surface area contributed by atoms with Crippen molar-refractivity contribution >= 4 is 38.3 Å². The molecule has 0 aliphatic rings. The molecule has 0 bridgehead atoms. The van der Waals surface area contributed by atoms with Crippen LogP contribution in [-0.4, -0.2) is 23.2 Å². The Morgan fingerprint density at radius 1 is 1.21 bits per heavy atom. The summed E-state index contributed by atoms with van der Waals surface area (Å²) in [5, 5.41) is 12.3. The number of anilines is 1. The van der Waals surface area contributed by atoms with Crippen molar-refractivity contribution in [3.8, 4) is 5.75 Å². The minimum absolute atomic E-state index is 0.220. The molecule has 0 unspecified atom stereocenters. The van der Waals surface area contributed by atoms with Gasteiger partial charge in [-0.2, -0.15) is 0 Å². The van der Waals surface area contributed by atoms with Crippen LogP contribution in [0.1, 0.15) is 20.9 Å². The Bertz CT molecular complexity index is 849. The average Bonchev–Trinajstić information content (AvgIpc) is 3.02. The van der Waals surface area contributed by atoms with E-state index in [1.165, 1.54) is 11.3 Å². The molecular weight excluding hydrogens is 390 g/mol. The van der Waals surface area contributed by atoms with Crippen LogP contribution >= 0.6 is 27.3 Å². The van der Waals surface area contributed by atoms with Crippen LogP contribution in [0.5, 0.6) is 5.75 Å². The third-order valence-electron chi connectivity index (χ3n) is 3.28. The van der Waals surface area contributed by atoms with E-state index in [9.17, 15) is 4.79 Å². The number of hydrogen-bond acceptors (Lipinski definition) is 5. The minimum Gasteiger partial charge on any atom is -0.497 e. The predicted octanol–water partition coefficient (Wildman–Crippen LogP) is 4.15. The topological polar surface area (TPSA) is 64.1 Å². The van der Waals surface area contributed by atoms with Crippen molar-refractivity contribution in [3.05, 3.63) is 69.1 Å². The monoisotopic (exact) mass is 403 g/mol. The van der Waals surface area contributed by atoms with Crippen molar-refractivity contribution in [1.82, 2.24) is 10.2 Å². The molecule has 0 radical (unpaired) electrons. The quantitative estimate of drug-likeness (QED) is 0.694. The van der Waals surface area contributed by atoms with Gasteiger partial charge < -0.3 is 4.74 Å². The molecule has 5 nitrogen and oxygen atoms in total. The highest BCUT2D eigenvalue weighted by molar-refractivity contribution is 9.10. The van der Waals surface area contributed by atoms with Gasteiger partial charge in [0.05, 0.1) is 7.11 Å². The van der Waals surface area contributed by atoms with Gasteiger partial charge >= 0.3 is 0 Å². The van der Waals surface area contributed by atoms with Gasteiger partial charge in [0, 0.05) is 16.5 Å². The van der Waals surface area contributed by atoms with E-state index in [1.54, 1.807) is 31.4 Å². The SMILES string of the molecule is COc1ccc(C(=O)Nc2nnc(Cc3cccc(Br)c3)s2)cc1. The zero-order chi connectivity index (χ0) is 16.9. The van der Waals surface area contributed by atoms with E-state index in [-0.39, 0.29) is 5.91 Å². The van der Waals surface area contributed by atoms with Crippen molar-refractivity contribution in [2.75, 3.05) is 12.4 Å². The van der Waals surface area contributed by atoms with Crippen molar-refractivity contribution in [1.29, 1.82) is 0 Å². The van der Waals surface area contributed by atoms with E-state index < -0.39 is 0 Å². The Hall–Kier alpha value is -2.25. The summed E-state index contributed by atoms with van der Waals surface area (Å²) in [6.07, 6.45) is 0.676. The highest BCUT2D eigenvalue weighted by atomic mass is 79.9. The third-order valence-corrected chi connectivity index (χ3v) is 4.62. The second kappa shape index (κ2) is 7.55. The number of nitrogens with zero attached hydrogens (tertiary/aromatic N) is 2. The van der Waals surface area contributed by atoms with Gasteiger partial charge in [0.1, 0.15) is 10.8 Å². The van der Waals surface area contributed by atoms with Gasteiger partial charge in [-0.25, -0.2) is 0 Å². The summed E-state index contributed by atoms with van der Waals surface area (Å²) in [7, 11) is 1.59. The van der Waals surface area contributed by atoms with E-state index in [0.717, 1.165) is 15.0 Å². The van der Waals surface area contributed by atoms with Gasteiger partial charge in [-0.05, 0) is 42.0 Å². The largest absolute Gasteiger partial charge is 0.497 e. The van der Waals surface area contributed by atoms with E-state index in [4.69, 9.17) is 4.74 Å². The molecule has 0 atom stereocenters. The number of rotatable bonds is 5. The maximum absolute atomic E-state index is 12.2. The molecule has 0 aliphatic carbocycles. The standard InChI is InChI=1S/C17H14BrN3O2S/c1-23-14-7-5-12(6-8-14)16(22)19-17-21-20-15(24-17)10-11-3-2-4-13(18)9-11/h2-9H,10H2,1H3,(H,19,21,22). The number of aromatic nitrogens is 2. The van der Waals surface area contributed by atoms with Crippen molar-refractivity contribution in [2.24, 2.45) is 0 Å². The lowest BCUT2D eigenvalue weighted by Crippen LogP contribution is -2.11. The number of halogens is 1. The number of hydrogen-bond donors (Lipinski definition) is 1. The van der Waals surface area contributed by atoms with Crippen LogP contribution in [0.2, 0.25) is 0 Å². The first-order chi connectivity index (χ1) is 11.6. The first kappa shape index (κ1) is 16.6. The van der Waals surface area contributed by atoms with Crippen LogP contribution in [0.4, 0.5) is 5.13 Å². The molecule has 0 saturated heterocycles. The Labute approximate surface area is 151 Å². The zero-order valence-corrected chi connectivity index (χ0v) is 15.2. The molecule has 122 valence electrons. The molecule has 24 heavy (non-hydrogen) atoms. The zero-order valence-electron chi connectivity index (χ0n) is 12.8. The van der Waals surface area contributed by atoms with Gasteiger partial charge in [0.15, 0.2) is 0 Å². The Balaban J connectivity index is 1.65. The lowest BCUT2D eigenvalue weighted by atomic mass is 10.2. The molecule has 0 spiro atoms. The summed E-state index contributed by atoms with van der Waals surface area (Å²) >= 11 is 4.82. The first-order valence-electron chi connectivity index (χ1n) is 7.16. The molecule has 1 heterocycles. The highest BCUT2D eigenvalue weighted by Gasteiger charge is 2.11. The number of amides is 1. The summed E-state index contributed by atoms with van der Waals surface area (Å²) in [5.74, 6) is 0.488. The second-order valence-corrected chi connectivity index (χ2v) is 6.97. The van der Waals surface area contributed by atoms with Crippen molar-refractivity contribution in [2.45, 2.75) is 6.42 Å². The van der Waals surface area contributed by atoms with Crippen LogP contribution in [-0.2, 0) is 6.42 Å². The van der Waals surface area contributed by atoms with Gasteiger partial charge in [0.2, 0.25) is 5.13 Å². The van der Waals surface area contributed by atoms with E-state index >= 15 is 0 Å². The Morgan fingerprint density at radius 3 is 2.71 bits per heavy atom. The fourth-order valence-electron chi connectivity index (χ4n) is 2.11. The molecule has 2 aromatic carbocycles. The summed E-state index contributed by atoms with van der Waals surface area (Å²) < 4.78 is 6.11. The fraction of sp³-hybridized carbons (Fsp3) is 0.118. The number of carbonyl (C=O) groups excluding carboxylic acids is 1. The first-order valence-corrected chi connectivity index (χ1v) is 8.77. The maximum atomic E-state index is 12.2. The predicted molar refractivity (Wildman–Crippen MR) is 97.8 cm³/mol. The number of carbonyl (C=O) groups is 1. The summed E-state index contributed by atoms with van der Waals surface area (Å²) in [6, 6.07) is 14.9. The van der Waals surface area contributed by atoms with Crippen molar-refractivity contribution in [3.63, 3.8) is 0 Å². The minimum atomic E-state index is -0.220. The van der Waals surface area contributed by atoms with Crippen LogP contribution < -0.4 is 10.1 Å². The van der Waals surface area contributed by atoms with Gasteiger partial charge in [0.25, 0.3) is 5.91 Å². The smallest absolute Gasteiger partial charge is 0.257 e. The lowest BCUT2D eigenvalue weighted by Gasteiger charge is -2.02. The molecular formula is C17H14BrN3O2S. The van der Waals surface area contributed by atoms with Crippen LogP contribution in [0, 0.1) is 0 Å². The molecule has 0 aliphatic heterocycles. The molecule has 3 rings (SSSR count). The highest BCUT2D eigenvalue weighted by Crippen LogP contribution is 2.21. The summed E-state index contributed by atoms with van der Waals surface area (Å²) in [4.78, 5) is 12.2. The second-order valence-electron chi connectivity index (χ2n) is 4.99. The molecule has 1 amide bonds. The molecule has 0 fully saturated rings. The fourth-order valence-corrected chi connectivity index (χ4v) is 3.32. The van der Waals surface area contributed by atoms with Crippen molar-refractivity contribution < 1.29 is 9.53 Å². The van der Waals surface area contributed by atoms with Crippen LogP contribution in [0.15, 0.2) is 53.0 Å². The van der Waals surface area contributed by atoms with E-state index in [0.29, 0.717) is 22.9 Å². The number of benzene rings is 2. The normalized spacial score (nSPS) is 10.4. The van der Waals surface area contributed by atoms with Gasteiger partial charge in [-0.3, -0.25) is 10.1 Å². The Morgan fingerprint density at radius 2 is 2.00 bits per heavy atom. The molecule has 7 heteroatoms. The van der Waals surface area contributed by atoms with Gasteiger partial charge in [-0.1, -0.05) is 39.4 Å². The number of methoxy groups -OCH3 is 1. The summed E-state index contributed by atoms with van der Waals surface area (Å²) in [6.45, 7) is 0. The van der Waals surface area contributed by atoms with Crippen LogP contribution in [0.3, 0.4) is 0 Å². The van der Waals surface area contributed by atoms with E-state index in [2.05, 4.69) is 31.4 Å². The molecule has 3 aromatic rings. The number of ether oxygens (including phenoxy) is 1. The number of nitrogens with one attached hydrogen (secondary N) is 1. The maximum Gasteiger partial charge on any atom is 0.257 e. The molecule has 1 N–H and O–H groups in total. The third kappa shape index (κ3) is 4.18. The van der Waals surface area contributed by atoms with E-state index in [1.807, 2.05) is 24.3 Å².